The molecular weight excluding hydrogens is 655 g/mol. The van der Waals surface area contributed by atoms with E-state index in [1.54, 1.807) is 0 Å². The van der Waals surface area contributed by atoms with Gasteiger partial charge in [-0.15, -0.1) is 0 Å². The van der Waals surface area contributed by atoms with E-state index in [0.717, 1.165) is 31.8 Å². The zero-order valence-corrected chi connectivity index (χ0v) is 27.9. The molecule has 0 fully saturated rings. The molecule has 49 heavy (non-hydrogen) atoms. The van der Waals surface area contributed by atoms with E-state index >= 15 is 13.2 Å². The van der Waals surface area contributed by atoms with Crippen molar-refractivity contribution in [3.8, 4) is 0 Å². The Kier molecular flexibility index (Phi) is 9.80. The number of hydrogen-bond acceptors (Lipinski definition) is 1. The van der Waals surface area contributed by atoms with Crippen LogP contribution in [0.15, 0.2) is 170 Å². The molecule has 0 saturated heterocycles. The minimum atomic E-state index is -1.94. The topological polar surface area (TPSA) is 12.9 Å². The number of rotatable bonds is 9. The number of pyridine rings is 1. The number of halogens is 4. The van der Waals surface area contributed by atoms with Crippen LogP contribution < -0.4 is 48.3 Å². The second-order valence-electron chi connectivity index (χ2n) is 11.3. The highest BCUT2D eigenvalue weighted by Crippen LogP contribution is 2.34. The van der Waals surface area contributed by atoms with Gasteiger partial charge in [0.15, 0.2) is 11.6 Å². The van der Waals surface area contributed by atoms with Gasteiger partial charge in [-0.05, 0) is 47.7 Å². The van der Waals surface area contributed by atoms with Gasteiger partial charge in [-0.3, -0.25) is 0 Å². The summed E-state index contributed by atoms with van der Waals surface area (Å²) in [6, 6.07) is 55.2. The first-order valence-electron chi connectivity index (χ1n) is 15.7. The molecule has 0 bridgehead atoms. The maximum atomic E-state index is 16.2. The van der Waals surface area contributed by atoms with Crippen LogP contribution in [0.1, 0.15) is 0 Å². The van der Waals surface area contributed by atoms with Gasteiger partial charge in [-0.25, -0.2) is 13.8 Å². The molecule has 0 aliphatic carbocycles. The zero-order chi connectivity index (χ0) is 33.7. The molecule has 1 heterocycles. The van der Waals surface area contributed by atoms with Gasteiger partial charge in [0, 0.05) is 0 Å². The molecule has 0 N–H and O–H groups in total. The van der Waals surface area contributed by atoms with Gasteiger partial charge >= 0.3 is 0 Å². The van der Waals surface area contributed by atoms with Crippen molar-refractivity contribution in [2.75, 3.05) is 0 Å². The maximum absolute atomic E-state index is 16.2. The van der Waals surface area contributed by atoms with Gasteiger partial charge in [0.25, 0.3) is 12.7 Å². The summed E-state index contributed by atoms with van der Waals surface area (Å²) in [6.07, 6.45) is 0. The molecule has 1 nitrogen and oxygen atoms in total. The average molecular weight is 683 g/mol. The summed E-state index contributed by atoms with van der Waals surface area (Å²) >= 11 is 0. The highest BCUT2D eigenvalue weighted by molar-refractivity contribution is 7.81. The summed E-state index contributed by atoms with van der Waals surface area (Å²) in [4.78, 5) is 3.84. The van der Waals surface area contributed by atoms with Crippen LogP contribution in [-0.4, -0.2) is 11.7 Å². The lowest BCUT2D eigenvalue weighted by atomic mass is 9.38. The van der Waals surface area contributed by atoms with Crippen molar-refractivity contribution >= 4 is 70.9 Å². The predicted octanol–water partition coefficient (Wildman–Crippen LogP) is 5.67. The lowest BCUT2D eigenvalue weighted by molar-refractivity contribution is 0.395. The molecular formula is C41H28BF4NP2. The van der Waals surface area contributed by atoms with Gasteiger partial charge in [-0.1, -0.05) is 181 Å². The standard InChI is InChI=1S/C41H28BF4NP2/c43-37-38(44)40(47-41(46)39(37)45)42(33-25-13-15-27-35(33)48(29-17-5-1-6-18-29)30-19-7-2-8-20-30)34-26-14-16-28-36(34)49(31-21-9-3-10-22-31)32-23-11-4-12-24-32/h1-28H. The van der Waals surface area contributed by atoms with Crippen LogP contribution in [0, 0.1) is 23.4 Å². The van der Waals surface area contributed by atoms with Gasteiger partial charge in [-0.2, -0.15) is 8.78 Å². The third-order valence-electron chi connectivity index (χ3n) is 8.32. The Morgan fingerprint density at radius 2 is 0.694 bits per heavy atom. The molecule has 0 saturated carbocycles. The van der Waals surface area contributed by atoms with Crippen LogP contribution in [0.25, 0.3) is 0 Å². The van der Waals surface area contributed by atoms with Crippen molar-refractivity contribution in [3.63, 3.8) is 0 Å². The van der Waals surface area contributed by atoms with Crippen molar-refractivity contribution in [2.45, 2.75) is 0 Å². The van der Waals surface area contributed by atoms with Gasteiger partial charge < -0.3 is 0 Å². The van der Waals surface area contributed by atoms with E-state index in [9.17, 15) is 4.39 Å². The lowest BCUT2D eigenvalue weighted by Crippen LogP contribution is -2.62. The summed E-state index contributed by atoms with van der Waals surface area (Å²) in [5, 5.41) is 5.91. The fourth-order valence-electron chi connectivity index (χ4n) is 6.19. The van der Waals surface area contributed by atoms with Crippen LogP contribution in [0.2, 0.25) is 0 Å². The largest absolute Gasteiger partial charge is 0.270 e. The monoisotopic (exact) mass is 683 g/mol. The number of aromatic nitrogens is 1. The minimum absolute atomic E-state index is 0.511. The van der Waals surface area contributed by atoms with Crippen molar-refractivity contribution in [3.05, 3.63) is 193 Å². The average Bonchev–Trinajstić information content (AvgIpc) is 3.16. The molecule has 0 atom stereocenters. The van der Waals surface area contributed by atoms with Crippen molar-refractivity contribution in [2.24, 2.45) is 0 Å². The fraction of sp³-hybridized carbons (Fsp3) is 0. The van der Waals surface area contributed by atoms with Crippen LogP contribution in [0.5, 0.6) is 0 Å². The molecule has 0 amide bonds. The summed E-state index contributed by atoms with van der Waals surface area (Å²) in [5.41, 5.74) is 0.742. The molecule has 0 spiro atoms. The highest BCUT2D eigenvalue weighted by Gasteiger charge is 2.37. The summed E-state index contributed by atoms with van der Waals surface area (Å²) in [5.74, 6) is -7.02. The van der Waals surface area contributed by atoms with Crippen molar-refractivity contribution in [1.82, 2.24) is 4.98 Å². The van der Waals surface area contributed by atoms with Crippen LogP contribution >= 0.6 is 15.8 Å². The molecule has 7 rings (SSSR count). The SMILES string of the molecule is Fc1nc(B(c2ccccc2P(c2ccccc2)c2ccccc2)c2ccccc2P(c2ccccc2)c2ccccc2)c(F)c(F)c1F. The predicted molar refractivity (Wildman–Crippen MR) is 199 cm³/mol. The third-order valence-corrected chi connectivity index (χ3v) is 13.4. The van der Waals surface area contributed by atoms with Crippen LogP contribution in [0.3, 0.4) is 0 Å². The molecule has 0 aliphatic heterocycles. The Balaban J connectivity index is 1.55. The first kappa shape index (κ1) is 32.7. The Morgan fingerprint density at radius 1 is 0.367 bits per heavy atom. The summed E-state index contributed by atoms with van der Waals surface area (Å²) in [7, 11) is -2.46. The third kappa shape index (κ3) is 6.60. The van der Waals surface area contributed by atoms with Gasteiger partial charge in [0.1, 0.15) is 0 Å². The van der Waals surface area contributed by atoms with E-state index in [1.807, 2.05) is 121 Å². The summed E-state index contributed by atoms with van der Waals surface area (Å²) in [6.45, 7) is -1.09. The smallest absolute Gasteiger partial charge is 0.228 e. The molecule has 0 aliphatic rings. The van der Waals surface area contributed by atoms with Gasteiger partial charge in [0.2, 0.25) is 5.82 Å². The molecule has 0 radical (unpaired) electrons. The summed E-state index contributed by atoms with van der Waals surface area (Å²) < 4.78 is 61.0. The first-order chi connectivity index (χ1) is 24.0. The zero-order valence-electron chi connectivity index (χ0n) is 26.1. The van der Waals surface area contributed by atoms with Crippen molar-refractivity contribution < 1.29 is 17.6 Å². The van der Waals surface area contributed by atoms with Gasteiger partial charge in [0.05, 0.1) is 5.59 Å². The first-order valence-corrected chi connectivity index (χ1v) is 18.4. The fourth-order valence-corrected chi connectivity index (χ4v) is 11.2. The molecule has 238 valence electrons. The molecule has 0 unspecified atom stereocenters. The molecule has 8 heteroatoms. The normalized spacial score (nSPS) is 11.2. The lowest BCUT2D eigenvalue weighted by Gasteiger charge is -2.28. The van der Waals surface area contributed by atoms with E-state index in [1.165, 1.54) is 0 Å². The van der Waals surface area contributed by atoms with E-state index in [4.69, 9.17) is 0 Å². The van der Waals surface area contributed by atoms with E-state index in [0.29, 0.717) is 10.9 Å². The van der Waals surface area contributed by atoms with Crippen molar-refractivity contribution in [1.29, 1.82) is 0 Å². The van der Waals surface area contributed by atoms with E-state index in [-0.39, 0.29) is 0 Å². The maximum Gasteiger partial charge on any atom is 0.270 e. The Morgan fingerprint density at radius 3 is 1.06 bits per heavy atom. The number of hydrogen-bond donors (Lipinski definition) is 0. The Bertz CT molecular complexity index is 1980. The number of benzene rings is 6. The molecule has 1 aromatic heterocycles. The quantitative estimate of drug-likeness (QED) is 0.0828. The van der Waals surface area contributed by atoms with E-state index < -0.39 is 51.5 Å². The van der Waals surface area contributed by atoms with Crippen LogP contribution in [0.4, 0.5) is 17.6 Å². The second kappa shape index (κ2) is 14.7. The van der Waals surface area contributed by atoms with E-state index in [2.05, 4.69) is 53.5 Å². The molecule has 6 aromatic carbocycles. The Labute approximate surface area is 285 Å². The Hall–Kier alpha value is -4.89. The highest BCUT2D eigenvalue weighted by atomic mass is 31.1. The van der Waals surface area contributed by atoms with Crippen LogP contribution in [-0.2, 0) is 0 Å². The minimum Gasteiger partial charge on any atom is -0.228 e. The number of nitrogens with zero attached hydrogens (tertiary/aromatic N) is 1. The molecule has 7 aromatic rings. The second-order valence-corrected chi connectivity index (χ2v) is 15.7.